The first-order valence-corrected chi connectivity index (χ1v) is 6.71. The van der Waals surface area contributed by atoms with Crippen molar-refractivity contribution in [2.24, 2.45) is 5.84 Å². The molecular weight excluding hydrogens is 226 g/mol. The largest absolute Gasteiger partial charge is 0.308 e. The molecule has 0 atom stereocenters. The van der Waals surface area contributed by atoms with Crippen molar-refractivity contribution >= 4 is 5.82 Å². The molecule has 0 bridgehead atoms. The third-order valence-electron chi connectivity index (χ3n) is 3.30. The van der Waals surface area contributed by atoms with Gasteiger partial charge in [0.15, 0.2) is 0 Å². The molecule has 0 radical (unpaired) electrons. The molecule has 1 aromatic rings. The fraction of sp³-hybridized carbons (Fsp3) is 0.692. The van der Waals surface area contributed by atoms with Gasteiger partial charge < -0.3 is 10.3 Å². The van der Waals surface area contributed by atoms with Crippen LogP contribution in [0.2, 0.25) is 0 Å². The second kappa shape index (κ2) is 7.28. The minimum absolute atomic E-state index is 0.763. The number of hydrogen-bond acceptors (Lipinski definition) is 5. The monoisotopic (exact) mass is 251 g/mol. The molecule has 0 aliphatic carbocycles. The summed E-state index contributed by atoms with van der Waals surface area (Å²) in [6.07, 6.45) is 1.75. The molecule has 0 aliphatic heterocycles. The Morgan fingerprint density at radius 1 is 1.17 bits per heavy atom. The summed E-state index contributed by atoms with van der Waals surface area (Å²) in [5, 5.41) is 0. The first-order valence-electron chi connectivity index (χ1n) is 6.71. The molecule has 0 amide bonds. The van der Waals surface area contributed by atoms with E-state index >= 15 is 0 Å². The highest BCUT2D eigenvalue weighted by Crippen LogP contribution is 2.16. The van der Waals surface area contributed by atoms with E-state index in [1.165, 1.54) is 0 Å². The number of likely N-dealkylation sites (N-methyl/N-ethyl adjacent to an activating group) is 1. The molecule has 5 nitrogen and oxygen atoms in total. The number of nitrogen functional groups attached to an aromatic ring is 1. The third-order valence-corrected chi connectivity index (χ3v) is 3.30. The second-order valence-electron chi connectivity index (χ2n) is 4.33. The average molecular weight is 251 g/mol. The summed E-state index contributed by atoms with van der Waals surface area (Å²) in [6.45, 7) is 11.5. The molecule has 5 heteroatoms. The van der Waals surface area contributed by atoms with Gasteiger partial charge in [-0.25, -0.2) is 15.8 Å². The van der Waals surface area contributed by atoms with Gasteiger partial charge in [-0.3, -0.25) is 0 Å². The van der Waals surface area contributed by atoms with E-state index in [0.29, 0.717) is 0 Å². The lowest BCUT2D eigenvalue weighted by atomic mass is 10.1. The minimum Gasteiger partial charge on any atom is -0.308 e. The molecule has 3 N–H and O–H groups in total. The van der Waals surface area contributed by atoms with E-state index in [9.17, 15) is 0 Å². The average Bonchev–Trinajstić information content (AvgIpc) is 2.39. The van der Waals surface area contributed by atoms with Crippen molar-refractivity contribution in [1.29, 1.82) is 0 Å². The smallest absolute Gasteiger partial charge is 0.147 e. The van der Waals surface area contributed by atoms with E-state index in [4.69, 9.17) is 5.84 Å². The van der Waals surface area contributed by atoms with E-state index in [1.54, 1.807) is 0 Å². The standard InChI is InChI=1S/C13H25N5/c1-5-11-10(4)15-12(16-13(11)17-14)8-9-18(6-2)7-3/h5-9,14H2,1-4H3,(H,15,16,17). The maximum Gasteiger partial charge on any atom is 0.147 e. The van der Waals surface area contributed by atoms with Gasteiger partial charge in [0.05, 0.1) is 0 Å². The van der Waals surface area contributed by atoms with Crippen molar-refractivity contribution in [3.8, 4) is 0 Å². The predicted molar refractivity (Wildman–Crippen MR) is 75.4 cm³/mol. The topological polar surface area (TPSA) is 67.1 Å². The summed E-state index contributed by atoms with van der Waals surface area (Å²) >= 11 is 0. The highest BCUT2D eigenvalue weighted by Gasteiger charge is 2.10. The first kappa shape index (κ1) is 14.9. The van der Waals surface area contributed by atoms with E-state index < -0.39 is 0 Å². The molecule has 1 aromatic heterocycles. The maximum absolute atomic E-state index is 5.52. The molecule has 102 valence electrons. The summed E-state index contributed by atoms with van der Waals surface area (Å²) in [5.74, 6) is 7.15. The van der Waals surface area contributed by atoms with Crippen molar-refractivity contribution in [2.75, 3.05) is 25.1 Å². The number of nitrogens with two attached hydrogens (primary N) is 1. The Balaban J connectivity index is 2.81. The van der Waals surface area contributed by atoms with Crippen LogP contribution < -0.4 is 11.3 Å². The minimum atomic E-state index is 0.763. The highest BCUT2D eigenvalue weighted by molar-refractivity contribution is 5.45. The van der Waals surface area contributed by atoms with Crippen LogP contribution in [-0.2, 0) is 12.8 Å². The molecule has 18 heavy (non-hydrogen) atoms. The van der Waals surface area contributed by atoms with Crippen molar-refractivity contribution in [2.45, 2.75) is 40.5 Å². The predicted octanol–water partition coefficient (Wildman–Crippen LogP) is 1.52. The van der Waals surface area contributed by atoms with E-state index in [0.717, 1.165) is 55.4 Å². The van der Waals surface area contributed by atoms with Gasteiger partial charge >= 0.3 is 0 Å². The van der Waals surface area contributed by atoms with Crippen LogP contribution in [0.25, 0.3) is 0 Å². The summed E-state index contributed by atoms with van der Waals surface area (Å²) in [7, 11) is 0. The Kier molecular flexibility index (Phi) is 6.01. The Bertz CT molecular complexity index is 374. The van der Waals surface area contributed by atoms with Gasteiger partial charge in [0, 0.05) is 24.2 Å². The molecular formula is C13H25N5. The van der Waals surface area contributed by atoms with Gasteiger partial charge in [0.25, 0.3) is 0 Å². The van der Waals surface area contributed by atoms with Gasteiger partial charge in [-0.2, -0.15) is 0 Å². The van der Waals surface area contributed by atoms with Gasteiger partial charge in [0.2, 0.25) is 0 Å². The van der Waals surface area contributed by atoms with Crippen LogP contribution in [0.5, 0.6) is 0 Å². The zero-order valence-electron chi connectivity index (χ0n) is 12.0. The van der Waals surface area contributed by atoms with Gasteiger partial charge in [0.1, 0.15) is 11.6 Å². The van der Waals surface area contributed by atoms with Crippen molar-refractivity contribution in [3.63, 3.8) is 0 Å². The lowest BCUT2D eigenvalue weighted by molar-refractivity contribution is 0.305. The second-order valence-corrected chi connectivity index (χ2v) is 4.33. The maximum atomic E-state index is 5.52. The molecule has 0 aromatic carbocycles. The van der Waals surface area contributed by atoms with Crippen molar-refractivity contribution < 1.29 is 0 Å². The van der Waals surface area contributed by atoms with E-state index in [1.807, 2.05) is 6.92 Å². The Morgan fingerprint density at radius 2 is 1.83 bits per heavy atom. The summed E-state index contributed by atoms with van der Waals surface area (Å²) in [6, 6.07) is 0. The quantitative estimate of drug-likeness (QED) is 0.568. The zero-order chi connectivity index (χ0) is 13.5. The molecule has 0 aliphatic rings. The molecule has 1 heterocycles. The normalized spacial score (nSPS) is 11.0. The van der Waals surface area contributed by atoms with E-state index in [2.05, 4.69) is 41.1 Å². The number of aromatic nitrogens is 2. The highest BCUT2D eigenvalue weighted by atomic mass is 15.3. The Labute approximate surface area is 110 Å². The van der Waals surface area contributed by atoms with Crippen LogP contribution >= 0.6 is 0 Å². The Morgan fingerprint density at radius 3 is 2.33 bits per heavy atom. The summed E-state index contributed by atoms with van der Waals surface area (Å²) in [5.41, 5.74) is 4.80. The van der Waals surface area contributed by atoms with Crippen LogP contribution in [-0.4, -0.2) is 34.5 Å². The van der Waals surface area contributed by atoms with Crippen LogP contribution in [0.15, 0.2) is 0 Å². The number of aryl methyl sites for hydroxylation is 1. The number of hydrazine groups is 1. The van der Waals surface area contributed by atoms with Crippen LogP contribution in [0.4, 0.5) is 5.82 Å². The zero-order valence-corrected chi connectivity index (χ0v) is 12.0. The molecule has 0 saturated heterocycles. The first-order chi connectivity index (χ1) is 8.65. The van der Waals surface area contributed by atoms with E-state index in [-0.39, 0.29) is 0 Å². The van der Waals surface area contributed by atoms with Crippen molar-refractivity contribution in [1.82, 2.24) is 14.9 Å². The lowest BCUT2D eigenvalue weighted by Gasteiger charge is -2.18. The SMILES string of the molecule is CCc1c(C)nc(CCN(CC)CC)nc1NN. The van der Waals surface area contributed by atoms with Gasteiger partial charge in [-0.1, -0.05) is 20.8 Å². The Hall–Kier alpha value is -1.20. The number of nitrogens with one attached hydrogen (secondary N) is 1. The van der Waals surface area contributed by atoms with Crippen LogP contribution in [0.1, 0.15) is 37.9 Å². The number of nitrogens with zero attached hydrogens (tertiary/aromatic N) is 3. The molecule has 0 fully saturated rings. The number of hydrogen-bond donors (Lipinski definition) is 2. The lowest BCUT2D eigenvalue weighted by Crippen LogP contribution is -2.26. The third kappa shape index (κ3) is 3.65. The van der Waals surface area contributed by atoms with Crippen molar-refractivity contribution in [3.05, 3.63) is 17.1 Å². The van der Waals surface area contributed by atoms with Gasteiger partial charge in [-0.15, -0.1) is 0 Å². The number of rotatable bonds is 7. The molecule has 0 spiro atoms. The molecule has 1 rings (SSSR count). The molecule has 0 saturated carbocycles. The fourth-order valence-electron chi connectivity index (χ4n) is 2.11. The molecule has 0 unspecified atom stereocenters. The summed E-state index contributed by atoms with van der Waals surface area (Å²) < 4.78 is 0. The van der Waals surface area contributed by atoms with Crippen LogP contribution in [0.3, 0.4) is 0 Å². The fourth-order valence-corrected chi connectivity index (χ4v) is 2.11. The summed E-state index contributed by atoms with van der Waals surface area (Å²) in [4.78, 5) is 11.4. The van der Waals surface area contributed by atoms with Gasteiger partial charge in [-0.05, 0) is 26.4 Å². The van der Waals surface area contributed by atoms with Crippen LogP contribution in [0, 0.1) is 6.92 Å². The number of anilines is 1.